The highest BCUT2D eigenvalue weighted by Crippen LogP contribution is 2.43. The lowest BCUT2D eigenvalue weighted by molar-refractivity contribution is -0.0138. The van der Waals surface area contributed by atoms with Gasteiger partial charge in [-0.3, -0.25) is 4.90 Å². The van der Waals surface area contributed by atoms with Crippen molar-refractivity contribution in [2.75, 3.05) is 19.6 Å². The Hall–Kier alpha value is -0.0800. The number of nitrogens with two attached hydrogens (primary N) is 1. The highest BCUT2D eigenvalue weighted by Gasteiger charge is 2.45. The molecule has 0 spiro atoms. The lowest BCUT2D eigenvalue weighted by Crippen LogP contribution is -2.61. The molecule has 2 N–H and O–H groups in total. The largest absolute Gasteiger partial charge is 0.329 e. The molecule has 2 rings (SSSR count). The minimum absolute atomic E-state index is 0.302. The van der Waals surface area contributed by atoms with Gasteiger partial charge in [0.1, 0.15) is 0 Å². The highest BCUT2D eigenvalue weighted by molar-refractivity contribution is 5.01. The van der Waals surface area contributed by atoms with Gasteiger partial charge in [-0.25, -0.2) is 0 Å². The Morgan fingerprint density at radius 2 is 1.94 bits per heavy atom. The molecule has 18 heavy (non-hydrogen) atoms. The van der Waals surface area contributed by atoms with Crippen LogP contribution in [-0.4, -0.2) is 30.1 Å². The molecule has 0 radical (unpaired) electrons. The average Bonchev–Trinajstić information content (AvgIpc) is 3.17. The molecule has 0 aromatic heterocycles. The monoisotopic (exact) mass is 252 g/mol. The van der Waals surface area contributed by atoms with Crippen LogP contribution in [0.5, 0.6) is 0 Å². The molecule has 0 heterocycles. The molecule has 106 valence electrons. The molecule has 0 aromatic rings. The van der Waals surface area contributed by atoms with Crippen LogP contribution in [0.15, 0.2) is 0 Å². The molecule has 0 bridgehead atoms. The SMILES string of the molecule is CCCN(CC1CC1)C1(CN)CCCC(C)C1C. The zero-order chi connectivity index (χ0) is 13.2. The van der Waals surface area contributed by atoms with Crippen LogP contribution in [0.2, 0.25) is 0 Å². The van der Waals surface area contributed by atoms with Crippen LogP contribution in [0, 0.1) is 17.8 Å². The van der Waals surface area contributed by atoms with E-state index in [1.165, 1.54) is 51.6 Å². The first-order valence-electron chi connectivity index (χ1n) is 8.09. The summed E-state index contributed by atoms with van der Waals surface area (Å²) < 4.78 is 0. The Morgan fingerprint density at radius 3 is 2.50 bits per heavy atom. The summed E-state index contributed by atoms with van der Waals surface area (Å²) in [5.41, 5.74) is 6.58. The summed E-state index contributed by atoms with van der Waals surface area (Å²) in [6.45, 7) is 10.6. The number of nitrogens with zero attached hydrogens (tertiary/aromatic N) is 1. The summed E-state index contributed by atoms with van der Waals surface area (Å²) in [5, 5.41) is 0. The second kappa shape index (κ2) is 5.92. The lowest BCUT2D eigenvalue weighted by atomic mass is 9.67. The molecule has 2 heteroatoms. The van der Waals surface area contributed by atoms with Crippen molar-refractivity contribution in [2.45, 2.75) is 64.8 Å². The zero-order valence-electron chi connectivity index (χ0n) is 12.6. The highest BCUT2D eigenvalue weighted by atomic mass is 15.2. The zero-order valence-corrected chi connectivity index (χ0v) is 12.6. The van der Waals surface area contributed by atoms with Crippen molar-refractivity contribution in [3.63, 3.8) is 0 Å². The van der Waals surface area contributed by atoms with Crippen LogP contribution >= 0.6 is 0 Å². The van der Waals surface area contributed by atoms with Crippen molar-refractivity contribution < 1.29 is 0 Å². The van der Waals surface area contributed by atoms with Gasteiger partial charge < -0.3 is 5.73 Å². The van der Waals surface area contributed by atoms with Crippen LogP contribution in [0.1, 0.15) is 59.3 Å². The van der Waals surface area contributed by atoms with Crippen molar-refractivity contribution in [2.24, 2.45) is 23.5 Å². The summed E-state index contributed by atoms with van der Waals surface area (Å²) in [6, 6.07) is 0. The average molecular weight is 252 g/mol. The molecule has 2 fully saturated rings. The molecule has 0 saturated heterocycles. The van der Waals surface area contributed by atoms with Crippen LogP contribution < -0.4 is 5.73 Å². The van der Waals surface area contributed by atoms with Gasteiger partial charge in [0.2, 0.25) is 0 Å². The molecule has 3 unspecified atom stereocenters. The van der Waals surface area contributed by atoms with Crippen LogP contribution in [0.3, 0.4) is 0 Å². The summed E-state index contributed by atoms with van der Waals surface area (Å²) >= 11 is 0. The quantitative estimate of drug-likeness (QED) is 0.786. The fourth-order valence-electron chi connectivity index (χ4n) is 3.98. The molecular weight excluding hydrogens is 220 g/mol. The van der Waals surface area contributed by atoms with Gasteiger partial charge in [0.25, 0.3) is 0 Å². The van der Waals surface area contributed by atoms with E-state index in [1.54, 1.807) is 0 Å². The Kier molecular flexibility index (Phi) is 4.71. The van der Waals surface area contributed by atoms with Crippen LogP contribution in [-0.2, 0) is 0 Å². The lowest BCUT2D eigenvalue weighted by Gasteiger charge is -2.52. The smallest absolute Gasteiger partial charge is 0.0359 e. The third kappa shape index (κ3) is 2.75. The maximum Gasteiger partial charge on any atom is 0.0359 e. The van der Waals surface area contributed by atoms with Crippen molar-refractivity contribution in [1.29, 1.82) is 0 Å². The third-order valence-electron chi connectivity index (χ3n) is 5.62. The fraction of sp³-hybridized carbons (Fsp3) is 1.00. The van der Waals surface area contributed by atoms with Crippen LogP contribution in [0.4, 0.5) is 0 Å². The predicted octanol–water partition coefficient (Wildman–Crippen LogP) is 3.26. The topological polar surface area (TPSA) is 29.3 Å². The van der Waals surface area contributed by atoms with Crippen molar-refractivity contribution in [3.05, 3.63) is 0 Å². The number of hydrogen-bond acceptors (Lipinski definition) is 2. The Morgan fingerprint density at radius 1 is 1.22 bits per heavy atom. The van der Waals surface area contributed by atoms with E-state index in [0.29, 0.717) is 5.54 Å². The molecule has 0 aromatic carbocycles. The maximum atomic E-state index is 6.28. The molecule has 2 saturated carbocycles. The van der Waals surface area contributed by atoms with Crippen molar-refractivity contribution >= 4 is 0 Å². The van der Waals surface area contributed by atoms with Gasteiger partial charge in [0.05, 0.1) is 0 Å². The van der Waals surface area contributed by atoms with Gasteiger partial charge in [0, 0.05) is 18.6 Å². The second-order valence-electron chi connectivity index (χ2n) is 6.86. The van der Waals surface area contributed by atoms with E-state index in [9.17, 15) is 0 Å². The van der Waals surface area contributed by atoms with E-state index in [2.05, 4.69) is 25.7 Å². The third-order valence-corrected chi connectivity index (χ3v) is 5.62. The standard InChI is InChI=1S/C16H32N2/c1-4-10-18(11-15-7-8-15)16(12-17)9-5-6-13(2)14(16)3/h13-15H,4-12,17H2,1-3H3. The molecule has 0 amide bonds. The van der Waals surface area contributed by atoms with Gasteiger partial charge in [0.15, 0.2) is 0 Å². The van der Waals surface area contributed by atoms with E-state index in [4.69, 9.17) is 5.73 Å². The summed E-state index contributed by atoms with van der Waals surface area (Å²) in [6.07, 6.45) is 8.24. The van der Waals surface area contributed by atoms with Gasteiger partial charge in [-0.05, 0) is 50.0 Å². The fourth-order valence-corrected chi connectivity index (χ4v) is 3.98. The van der Waals surface area contributed by atoms with E-state index in [0.717, 1.165) is 24.3 Å². The molecule has 0 aliphatic heterocycles. The first kappa shape index (κ1) is 14.3. The van der Waals surface area contributed by atoms with Gasteiger partial charge in [-0.15, -0.1) is 0 Å². The first-order chi connectivity index (χ1) is 8.64. The Labute approximate surface area is 113 Å². The van der Waals surface area contributed by atoms with E-state index in [1.807, 2.05) is 0 Å². The van der Waals surface area contributed by atoms with E-state index < -0.39 is 0 Å². The normalized spacial score (nSPS) is 37.2. The predicted molar refractivity (Wildman–Crippen MR) is 78.6 cm³/mol. The van der Waals surface area contributed by atoms with Crippen molar-refractivity contribution in [1.82, 2.24) is 4.90 Å². The second-order valence-corrected chi connectivity index (χ2v) is 6.86. The summed E-state index contributed by atoms with van der Waals surface area (Å²) in [7, 11) is 0. The number of hydrogen-bond donors (Lipinski definition) is 1. The van der Waals surface area contributed by atoms with Gasteiger partial charge in [-0.2, -0.15) is 0 Å². The van der Waals surface area contributed by atoms with Gasteiger partial charge in [-0.1, -0.05) is 33.6 Å². The maximum absolute atomic E-state index is 6.28. The minimum atomic E-state index is 0.302. The molecule has 2 aliphatic carbocycles. The van der Waals surface area contributed by atoms with Crippen molar-refractivity contribution in [3.8, 4) is 0 Å². The first-order valence-corrected chi connectivity index (χ1v) is 8.09. The minimum Gasteiger partial charge on any atom is -0.329 e. The summed E-state index contributed by atoms with van der Waals surface area (Å²) in [5.74, 6) is 2.56. The summed E-state index contributed by atoms with van der Waals surface area (Å²) in [4.78, 5) is 2.78. The van der Waals surface area contributed by atoms with Gasteiger partial charge >= 0.3 is 0 Å². The molecule has 2 nitrogen and oxygen atoms in total. The molecule has 2 aliphatic rings. The Bertz CT molecular complexity index is 262. The van der Waals surface area contributed by atoms with Crippen LogP contribution in [0.25, 0.3) is 0 Å². The number of rotatable bonds is 6. The molecular formula is C16H32N2. The van der Waals surface area contributed by atoms with E-state index in [-0.39, 0.29) is 0 Å². The Balaban J connectivity index is 2.14. The van der Waals surface area contributed by atoms with E-state index >= 15 is 0 Å². The molecule has 3 atom stereocenters.